The van der Waals surface area contributed by atoms with Crippen molar-refractivity contribution in [1.82, 2.24) is 10.2 Å². The monoisotopic (exact) mass is 597 g/mol. The zero-order valence-electron chi connectivity index (χ0n) is 22.0. The van der Waals surface area contributed by atoms with Crippen molar-refractivity contribution >= 4 is 50.7 Å². The summed E-state index contributed by atoms with van der Waals surface area (Å²) < 4.78 is 37.9. The molecule has 12 heteroatoms. The molecule has 1 saturated carbocycles. The minimum absolute atomic E-state index is 0.0534. The molecule has 9 nitrogen and oxygen atoms in total. The van der Waals surface area contributed by atoms with E-state index in [-0.39, 0.29) is 24.2 Å². The van der Waals surface area contributed by atoms with Crippen molar-refractivity contribution in [3.8, 4) is 11.5 Å². The van der Waals surface area contributed by atoms with Gasteiger partial charge in [-0.25, -0.2) is 8.42 Å². The van der Waals surface area contributed by atoms with Crippen LogP contribution in [0, 0.1) is 0 Å². The standard InChI is InChI=1S/C27H33Cl2N3O6S/c1-3-23(27(34)30-18-7-4-5-8-18)31(16-20-21(28)9-6-10-22(20)29)26(33)17-32(39(2,35)36)19-11-12-24-25(15-19)38-14-13-37-24/h6,9-12,15,18,23H,3-5,7-8,13-14,16-17H2,1-2H3,(H,30,34)/t23-/m0/s1. The minimum atomic E-state index is -3.90. The van der Waals surface area contributed by atoms with E-state index in [9.17, 15) is 18.0 Å². The first-order valence-electron chi connectivity index (χ1n) is 13.0. The van der Waals surface area contributed by atoms with Gasteiger partial charge in [0.15, 0.2) is 11.5 Å². The first kappa shape index (κ1) is 29.3. The molecule has 2 amide bonds. The van der Waals surface area contributed by atoms with Crippen molar-refractivity contribution in [2.45, 2.75) is 57.7 Å². The van der Waals surface area contributed by atoms with E-state index in [0.717, 1.165) is 36.2 Å². The lowest BCUT2D eigenvalue weighted by atomic mass is 10.1. The average Bonchev–Trinajstić information content (AvgIpc) is 3.40. The number of fused-ring (bicyclic) bond motifs is 1. The molecule has 0 aromatic heterocycles. The van der Waals surface area contributed by atoms with Gasteiger partial charge >= 0.3 is 0 Å². The van der Waals surface area contributed by atoms with Gasteiger partial charge in [-0.15, -0.1) is 0 Å². The molecule has 1 aliphatic heterocycles. The normalized spacial score (nSPS) is 16.0. The number of nitrogens with zero attached hydrogens (tertiary/aromatic N) is 2. The number of nitrogens with one attached hydrogen (secondary N) is 1. The molecule has 0 saturated heterocycles. The summed E-state index contributed by atoms with van der Waals surface area (Å²) in [6, 6.07) is 8.90. The average molecular weight is 599 g/mol. The largest absolute Gasteiger partial charge is 0.486 e. The maximum Gasteiger partial charge on any atom is 0.244 e. The van der Waals surface area contributed by atoms with E-state index in [4.69, 9.17) is 32.7 Å². The number of anilines is 1. The molecule has 1 aliphatic carbocycles. The van der Waals surface area contributed by atoms with Gasteiger partial charge in [0.25, 0.3) is 0 Å². The van der Waals surface area contributed by atoms with E-state index in [0.29, 0.717) is 46.7 Å². The Morgan fingerprint density at radius 2 is 1.69 bits per heavy atom. The van der Waals surface area contributed by atoms with Crippen molar-refractivity contribution < 1.29 is 27.5 Å². The smallest absolute Gasteiger partial charge is 0.244 e. The Morgan fingerprint density at radius 3 is 2.31 bits per heavy atom. The molecule has 212 valence electrons. The van der Waals surface area contributed by atoms with Crippen LogP contribution in [0.1, 0.15) is 44.6 Å². The van der Waals surface area contributed by atoms with E-state index >= 15 is 0 Å². The Hall–Kier alpha value is -2.69. The molecule has 1 atom stereocenters. The Labute approximate surface area is 239 Å². The second-order valence-corrected chi connectivity index (χ2v) is 12.5. The molecule has 39 heavy (non-hydrogen) atoms. The van der Waals surface area contributed by atoms with E-state index in [1.807, 2.05) is 6.92 Å². The van der Waals surface area contributed by atoms with Gasteiger partial charge in [-0.05, 0) is 43.5 Å². The van der Waals surface area contributed by atoms with Crippen LogP contribution in [0.25, 0.3) is 0 Å². The summed E-state index contributed by atoms with van der Waals surface area (Å²) in [6.07, 6.45) is 5.19. The number of hydrogen-bond acceptors (Lipinski definition) is 6. The number of benzene rings is 2. The summed E-state index contributed by atoms with van der Waals surface area (Å²) in [7, 11) is -3.90. The molecule has 4 rings (SSSR count). The van der Waals surface area contributed by atoms with E-state index < -0.39 is 28.5 Å². The van der Waals surface area contributed by atoms with Crippen LogP contribution in [0.15, 0.2) is 36.4 Å². The molecule has 1 fully saturated rings. The molecule has 0 spiro atoms. The van der Waals surface area contributed by atoms with Gasteiger partial charge in [0.1, 0.15) is 25.8 Å². The van der Waals surface area contributed by atoms with Crippen molar-refractivity contribution in [2.75, 3.05) is 30.3 Å². The molecule has 1 heterocycles. The Kier molecular flexibility index (Phi) is 9.51. The number of carbonyl (C=O) groups is 2. The number of halogens is 2. The topological polar surface area (TPSA) is 105 Å². The predicted molar refractivity (Wildman–Crippen MR) is 151 cm³/mol. The van der Waals surface area contributed by atoms with Crippen LogP contribution in [-0.2, 0) is 26.2 Å². The molecular weight excluding hydrogens is 565 g/mol. The Morgan fingerprint density at radius 1 is 1.05 bits per heavy atom. The highest BCUT2D eigenvalue weighted by atomic mass is 35.5. The summed E-state index contributed by atoms with van der Waals surface area (Å²) in [5.74, 6) is 0.0298. The summed E-state index contributed by atoms with van der Waals surface area (Å²) in [6.45, 7) is 1.93. The Balaban J connectivity index is 1.66. The molecule has 2 aromatic carbocycles. The highest BCUT2D eigenvalue weighted by Crippen LogP contribution is 2.35. The van der Waals surface area contributed by atoms with Crippen LogP contribution >= 0.6 is 23.2 Å². The fourth-order valence-corrected chi connectivity index (χ4v) is 6.30. The molecule has 0 bridgehead atoms. The maximum atomic E-state index is 13.9. The van der Waals surface area contributed by atoms with E-state index in [1.165, 1.54) is 11.0 Å². The molecule has 2 aliphatic rings. The van der Waals surface area contributed by atoms with Gasteiger partial charge in [-0.2, -0.15) is 0 Å². The zero-order chi connectivity index (χ0) is 28.2. The van der Waals surface area contributed by atoms with Crippen molar-refractivity contribution in [3.63, 3.8) is 0 Å². The van der Waals surface area contributed by atoms with Crippen LogP contribution in [-0.4, -0.2) is 63.2 Å². The number of rotatable bonds is 10. The third-order valence-corrected chi connectivity index (χ3v) is 8.82. The van der Waals surface area contributed by atoms with Gasteiger partial charge < -0.3 is 19.7 Å². The lowest BCUT2D eigenvalue weighted by Gasteiger charge is -2.34. The second-order valence-electron chi connectivity index (χ2n) is 9.73. The fraction of sp³-hybridized carbons (Fsp3) is 0.481. The maximum absolute atomic E-state index is 13.9. The van der Waals surface area contributed by atoms with Crippen molar-refractivity contribution in [1.29, 1.82) is 0 Å². The first-order chi connectivity index (χ1) is 18.6. The fourth-order valence-electron chi connectivity index (χ4n) is 4.94. The van der Waals surface area contributed by atoms with E-state index in [2.05, 4.69) is 5.32 Å². The first-order valence-corrected chi connectivity index (χ1v) is 15.6. The van der Waals surface area contributed by atoms with Gasteiger partial charge in [-0.1, -0.05) is 49.0 Å². The quantitative estimate of drug-likeness (QED) is 0.435. The highest BCUT2D eigenvalue weighted by Gasteiger charge is 2.34. The van der Waals surface area contributed by atoms with Crippen LogP contribution in [0.5, 0.6) is 11.5 Å². The molecule has 0 unspecified atom stereocenters. The van der Waals surface area contributed by atoms with Crippen LogP contribution in [0.4, 0.5) is 5.69 Å². The van der Waals surface area contributed by atoms with Crippen LogP contribution < -0.4 is 19.1 Å². The van der Waals surface area contributed by atoms with Crippen LogP contribution in [0.3, 0.4) is 0 Å². The van der Waals surface area contributed by atoms with Crippen LogP contribution in [0.2, 0.25) is 10.0 Å². The number of amides is 2. The number of sulfonamides is 1. The predicted octanol–water partition coefficient (Wildman–Crippen LogP) is 4.40. The zero-order valence-corrected chi connectivity index (χ0v) is 24.3. The Bertz CT molecular complexity index is 1300. The molecule has 0 radical (unpaired) electrons. The lowest BCUT2D eigenvalue weighted by Crippen LogP contribution is -2.53. The third-order valence-electron chi connectivity index (χ3n) is 6.97. The lowest BCUT2D eigenvalue weighted by molar-refractivity contribution is -0.140. The summed E-state index contributed by atoms with van der Waals surface area (Å²) in [5.41, 5.74) is 0.723. The van der Waals surface area contributed by atoms with Gasteiger partial charge in [0.2, 0.25) is 21.8 Å². The summed E-state index contributed by atoms with van der Waals surface area (Å²) >= 11 is 12.9. The van der Waals surface area contributed by atoms with E-state index in [1.54, 1.807) is 30.3 Å². The number of ether oxygens (including phenoxy) is 2. The van der Waals surface area contributed by atoms with Gasteiger partial charge in [0, 0.05) is 34.3 Å². The van der Waals surface area contributed by atoms with Gasteiger partial charge in [-0.3, -0.25) is 13.9 Å². The number of hydrogen-bond donors (Lipinski definition) is 1. The van der Waals surface area contributed by atoms with Crippen molar-refractivity contribution in [2.24, 2.45) is 0 Å². The summed E-state index contributed by atoms with van der Waals surface area (Å²) in [4.78, 5) is 28.7. The third kappa shape index (κ3) is 7.10. The molecule has 1 N–H and O–H groups in total. The minimum Gasteiger partial charge on any atom is -0.486 e. The van der Waals surface area contributed by atoms with Gasteiger partial charge in [0.05, 0.1) is 11.9 Å². The SMILES string of the molecule is CC[C@@H](C(=O)NC1CCCC1)N(Cc1c(Cl)cccc1Cl)C(=O)CN(c1ccc2c(c1)OCCO2)S(C)(=O)=O. The second kappa shape index (κ2) is 12.7. The summed E-state index contributed by atoms with van der Waals surface area (Å²) in [5, 5.41) is 3.76. The molecular formula is C27H33Cl2N3O6S. The highest BCUT2D eigenvalue weighted by molar-refractivity contribution is 7.92. The molecule has 2 aromatic rings. The number of carbonyl (C=O) groups excluding carboxylic acids is 2. The van der Waals surface area contributed by atoms with Crippen molar-refractivity contribution in [3.05, 3.63) is 52.0 Å².